The summed E-state index contributed by atoms with van der Waals surface area (Å²) in [5, 5.41) is 7.44. The molecule has 6 heteroatoms. The predicted octanol–water partition coefficient (Wildman–Crippen LogP) is 3.60. The van der Waals surface area contributed by atoms with E-state index >= 15 is 0 Å². The van der Waals surface area contributed by atoms with E-state index in [1.165, 1.54) is 12.8 Å². The minimum atomic E-state index is 0.146. The van der Waals surface area contributed by atoms with E-state index in [-0.39, 0.29) is 5.91 Å². The van der Waals surface area contributed by atoms with Crippen LogP contribution >= 0.6 is 12.2 Å². The number of hydrogen-bond donors (Lipinski definition) is 1. The molecule has 1 saturated carbocycles. The van der Waals surface area contributed by atoms with Crippen LogP contribution in [0.2, 0.25) is 0 Å². The zero-order valence-corrected chi connectivity index (χ0v) is 14.7. The van der Waals surface area contributed by atoms with Crippen LogP contribution in [0.3, 0.4) is 0 Å². The van der Waals surface area contributed by atoms with Gasteiger partial charge >= 0.3 is 0 Å². The van der Waals surface area contributed by atoms with Gasteiger partial charge in [0.05, 0.1) is 0 Å². The van der Waals surface area contributed by atoms with E-state index in [1.807, 2.05) is 36.1 Å². The number of piperidine rings is 1. The van der Waals surface area contributed by atoms with Crippen LogP contribution in [0.5, 0.6) is 0 Å². The molecule has 0 unspecified atom stereocenters. The second-order valence-electron chi connectivity index (χ2n) is 6.87. The van der Waals surface area contributed by atoms with Gasteiger partial charge in [0.1, 0.15) is 5.82 Å². The van der Waals surface area contributed by atoms with Crippen molar-refractivity contribution in [3.05, 3.63) is 46.0 Å². The molecule has 0 atom stereocenters. The lowest BCUT2D eigenvalue weighted by Crippen LogP contribution is -2.38. The molecule has 4 rings (SSSR count). The molecule has 1 aromatic carbocycles. The fraction of sp³-hybridized carbons (Fsp3) is 0.500. The highest BCUT2D eigenvalue weighted by atomic mass is 32.1. The highest BCUT2D eigenvalue weighted by molar-refractivity contribution is 7.71. The fourth-order valence-corrected chi connectivity index (χ4v) is 3.90. The van der Waals surface area contributed by atoms with Gasteiger partial charge in [0.25, 0.3) is 5.91 Å². The van der Waals surface area contributed by atoms with Crippen LogP contribution in [-0.2, 0) is 0 Å². The van der Waals surface area contributed by atoms with E-state index in [9.17, 15) is 4.79 Å². The molecule has 1 N–H and O–H groups in total. The monoisotopic (exact) mass is 342 g/mol. The topological polar surface area (TPSA) is 53.9 Å². The Kier molecular flexibility index (Phi) is 4.00. The van der Waals surface area contributed by atoms with Crippen molar-refractivity contribution in [3.8, 4) is 0 Å². The Balaban J connectivity index is 1.47. The van der Waals surface area contributed by atoms with Crippen LogP contribution in [0.4, 0.5) is 0 Å². The lowest BCUT2D eigenvalue weighted by molar-refractivity contribution is 0.0709. The van der Waals surface area contributed by atoms with Gasteiger partial charge in [-0.2, -0.15) is 5.10 Å². The number of likely N-dealkylation sites (tertiary alicyclic amines) is 1. The molecule has 1 aromatic heterocycles. The highest BCUT2D eigenvalue weighted by Gasteiger charge is 2.32. The first-order chi connectivity index (χ1) is 11.6. The number of hydrogen-bond acceptors (Lipinski definition) is 3. The molecule has 126 valence electrons. The molecule has 24 heavy (non-hydrogen) atoms. The summed E-state index contributed by atoms with van der Waals surface area (Å²) < 4.78 is 2.95. The molecule has 1 saturated heterocycles. The van der Waals surface area contributed by atoms with Gasteiger partial charge in [-0.25, -0.2) is 0 Å². The molecule has 1 amide bonds. The van der Waals surface area contributed by atoms with Crippen LogP contribution in [-0.4, -0.2) is 38.7 Å². The fourth-order valence-electron chi connectivity index (χ4n) is 3.61. The van der Waals surface area contributed by atoms with Crippen molar-refractivity contribution in [1.82, 2.24) is 19.7 Å². The van der Waals surface area contributed by atoms with Crippen molar-refractivity contribution in [2.24, 2.45) is 0 Å². The molecule has 0 spiro atoms. The molecule has 5 nitrogen and oxygen atoms in total. The summed E-state index contributed by atoms with van der Waals surface area (Å²) in [4.78, 5) is 14.7. The first-order valence-electron chi connectivity index (χ1n) is 8.67. The number of nitrogens with zero attached hydrogens (tertiary/aromatic N) is 3. The average Bonchev–Trinajstić information content (AvgIpc) is 3.37. The van der Waals surface area contributed by atoms with Crippen molar-refractivity contribution >= 4 is 18.1 Å². The largest absolute Gasteiger partial charge is 0.339 e. The summed E-state index contributed by atoms with van der Waals surface area (Å²) in [6.45, 7) is 3.55. The molecule has 2 aromatic rings. The Morgan fingerprint density at radius 1 is 1.21 bits per heavy atom. The summed E-state index contributed by atoms with van der Waals surface area (Å²) in [6.07, 6.45) is 4.30. The lowest BCUT2D eigenvalue weighted by atomic mass is 9.95. The van der Waals surface area contributed by atoms with E-state index in [4.69, 9.17) is 12.2 Å². The third-order valence-electron chi connectivity index (χ3n) is 5.17. The quantitative estimate of drug-likeness (QED) is 0.867. The van der Waals surface area contributed by atoms with E-state index in [2.05, 4.69) is 14.8 Å². The second kappa shape index (κ2) is 6.16. The number of nitrogens with one attached hydrogen (secondary N) is 1. The standard InChI is InChI=1S/C18H22N4OS/c1-12-4-2-3-5-15(12)17(23)21-10-8-13(9-11-21)16-19-20-18(24)22(16)14-6-7-14/h2-5,13-14H,6-11H2,1H3,(H,20,24). The predicted molar refractivity (Wildman–Crippen MR) is 94.7 cm³/mol. The zero-order chi connectivity index (χ0) is 16.7. The van der Waals surface area contributed by atoms with Crippen molar-refractivity contribution in [2.75, 3.05) is 13.1 Å². The maximum Gasteiger partial charge on any atom is 0.254 e. The lowest BCUT2D eigenvalue weighted by Gasteiger charge is -2.32. The van der Waals surface area contributed by atoms with E-state index in [1.54, 1.807) is 0 Å². The Labute approximate surface area is 146 Å². The molecule has 0 bridgehead atoms. The number of carbonyl (C=O) groups excluding carboxylic acids is 1. The minimum Gasteiger partial charge on any atom is -0.339 e. The van der Waals surface area contributed by atoms with Gasteiger partial charge in [-0.05, 0) is 56.5 Å². The number of aromatic nitrogens is 3. The number of aryl methyl sites for hydroxylation is 1. The van der Waals surface area contributed by atoms with Crippen LogP contribution in [0.15, 0.2) is 24.3 Å². The number of H-pyrrole nitrogens is 1. The smallest absolute Gasteiger partial charge is 0.254 e. The van der Waals surface area contributed by atoms with Crippen LogP contribution in [0.1, 0.15) is 59.4 Å². The first-order valence-corrected chi connectivity index (χ1v) is 9.07. The number of amides is 1. The number of aromatic amines is 1. The van der Waals surface area contributed by atoms with Gasteiger partial charge in [0, 0.05) is 30.6 Å². The molecule has 0 radical (unpaired) electrons. The summed E-state index contributed by atoms with van der Waals surface area (Å²) >= 11 is 5.38. The molecule has 1 aliphatic heterocycles. The molecule has 2 fully saturated rings. The number of rotatable bonds is 3. The Morgan fingerprint density at radius 3 is 2.58 bits per heavy atom. The first kappa shape index (κ1) is 15.6. The summed E-state index contributed by atoms with van der Waals surface area (Å²) in [6, 6.07) is 8.35. The third kappa shape index (κ3) is 2.79. The molecule has 2 aliphatic rings. The van der Waals surface area contributed by atoms with Crippen LogP contribution < -0.4 is 0 Å². The number of benzene rings is 1. The second-order valence-corrected chi connectivity index (χ2v) is 7.26. The van der Waals surface area contributed by atoms with Crippen LogP contribution in [0.25, 0.3) is 0 Å². The summed E-state index contributed by atoms with van der Waals surface area (Å²) in [7, 11) is 0. The van der Waals surface area contributed by atoms with E-state index in [0.29, 0.717) is 12.0 Å². The summed E-state index contributed by atoms with van der Waals surface area (Å²) in [5.41, 5.74) is 1.86. The molecular formula is C18H22N4OS. The third-order valence-corrected chi connectivity index (χ3v) is 5.45. The van der Waals surface area contributed by atoms with E-state index in [0.717, 1.165) is 47.7 Å². The SMILES string of the molecule is Cc1ccccc1C(=O)N1CCC(c2n[nH]c(=S)n2C2CC2)CC1. The minimum absolute atomic E-state index is 0.146. The van der Waals surface area contributed by atoms with Gasteiger partial charge in [-0.1, -0.05) is 18.2 Å². The van der Waals surface area contributed by atoms with Gasteiger partial charge in [0.2, 0.25) is 0 Å². The average molecular weight is 342 g/mol. The number of carbonyl (C=O) groups is 1. The Bertz CT molecular complexity index is 812. The van der Waals surface area contributed by atoms with Gasteiger partial charge < -0.3 is 9.47 Å². The Hall–Kier alpha value is -1.95. The van der Waals surface area contributed by atoms with Crippen molar-refractivity contribution in [2.45, 2.75) is 44.6 Å². The van der Waals surface area contributed by atoms with Crippen LogP contribution in [0, 0.1) is 11.7 Å². The zero-order valence-electron chi connectivity index (χ0n) is 13.9. The molecular weight excluding hydrogens is 320 g/mol. The van der Waals surface area contributed by atoms with Crippen molar-refractivity contribution in [3.63, 3.8) is 0 Å². The van der Waals surface area contributed by atoms with Gasteiger partial charge in [-0.3, -0.25) is 9.89 Å². The van der Waals surface area contributed by atoms with E-state index < -0.39 is 0 Å². The molecule has 1 aliphatic carbocycles. The van der Waals surface area contributed by atoms with Crippen molar-refractivity contribution in [1.29, 1.82) is 0 Å². The molecule has 2 heterocycles. The maximum absolute atomic E-state index is 12.7. The normalized spacial score (nSPS) is 18.8. The maximum atomic E-state index is 12.7. The van der Waals surface area contributed by atoms with Gasteiger partial charge in [-0.15, -0.1) is 0 Å². The van der Waals surface area contributed by atoms with Crippen molar-refractivity contribution < 1.29 is 4.79 Å². The Morgan fingerprint density at radius 2 is 1.92 bits per heavy atom. The van der Waals surface area contributed by atoms with Gasteiger partial charge in [0.15, 0.2) is 4.77 Å². The highest BCUT2D eigenvalue weighted by Crippen LogP contribution is 2.39. The summed E-state index contributed by atoms with van der Waals surface area (Å²) in [5.74, 6) is 1.62.